The summed E-state index contributed by atoms with van der Waals surface area (Å²) in [5.41, 5.74) is 4.87. The number of hydrogen-bond acceptors (Lipinski definition) is 5. The summed E-state index contributed by atoms with van der Waals surface area (Å²) in [4.78, 5) is 12.4. The van der Waals surface area contributed by atoms with Crippen LogP contribution in [0.1, 0.15) is 26.7 Å². The second-order valence-electron chi connectivity index (χ2n) is 6.25. The molecule has 3 unspecified atom stereocenters. The Labute approximate surface area is 119 Å². The third-order valence-electron chi connectivity index (χ3n) is 4.73. The second kappa shape index (κ2) is 4.94. The van der Waals surface area contributed by atoms with Gasteiger partial charge in [-0.2, -0.15) is 0 Å². The van der Waals surface area contributed by atoms with Crippen molar-refractivity contribution in [2.24, 2.45) is 22.2 Å². The van der Waals surface area contributed by atoms with Gasteiger partial charge < -0.3 is 15.8 Å². The number of rotatable bonds is 4. The van der Waals surface area contributed by atoms with Gasteiger partial charge in [0.2, 0.25) is 15.9 Å². The number of hydrogen-bond donors (Lipinski definition) is 3. The minimum absolute atomic E-state index is 0.00904. The molecule has 1 saturated heterocycles. The molecule has 1 aliphatic heterocycles. The Balaban J connectivity index is 2.04. The standard InChI is InChI=1S/C12H23N3O4S/c1-11(2)9-8(4-3-6-19-9)12(11,13)10(16)15-5-7-20(14,17)18/h8-9H,3-7,13H2,1-2H3,(H,15,16)(H2,14,17,18). The number of carbonyl (C=O) groups excluding carboxylic acids is 1. The lowest BCUT2D eigenvalue weighted by molar-refractivity contribution is -0.225. The van der Waals surface area contributed by atoms with Crippen LogP contribution in [0.15, 0.2) is 0 Å². The van der Waals surface area contributed by atoms with E-state index >= 15 is 0 Å². The number of ether oxygens (including phenoxy) is 1. The number of carbonyl (C=O) groups is 1. The zero-order valence-electron chi connectivity index (χ0n) is 11.9. The Morgan fingerprint density at radius 2 is 2.10 bits per heavy atom. The van der Waals surface area contributed by atoms with E-state index in [9.17, 15) is 13.2 Å². The fraction of sp³-hybridized carbons (Fsp3) is 0.917. The van der Waals surface area contributed by atoms with E-state index in [0.29, 0.717) is 6.61 Å². The summed E-state index contributed by atoms with van der Waals surface area (Å²) in [5.74, 6) is -0.626. The van der Waals surface area contributed by atoms with Crippen LogP contribution in [-0.2, 0) is 19.6 Å². The molecule has 0 spiro atoms. The van der Waals surface area contributed by atoms with Crippen molar-refractivity contribution in [2.75, 3.05) is 18.9 Å². The van der Waals surface area contributed by atoms with Crippen LogP contribution < -0.4 is 16.2 Å². The molecule has 0 aromatic rings. The summed E-state index contributed by atoms with van der Waals surface area (Å²) >= 11 is 0. The van der Waals surface area contributed by atoms with Gasteiger partial charge in [0.15, 0.2) is 0 Å². The van der Waals surface area contributed by atoms with Crippen molar-refractivity contribution < 1.29 is 17.9 Å². The maximum atomic E-state index is 12.4. The number of amides is 1. The average molecular weight is 305 g/mol. The maximum Gasteiger partial charge on any atom is 0.241 e. The van der Waals surface area contributed by atoms with Gasteiger partial charge in [0, 0.05) is 24.5 Å². The van der Waals surface area contributed by atoms with Crippen molar-refractivity contribution in [1.29, 1.82) is 0 Å². The highest BCUT2D eigenvalue weighted by Gasteiger charge is 2.70. The normalized spacial score (nSPS) is 35.8. The Morgan fingerprint density at radius 1 is 1.45 bits per heavy atom. The first kappa shape index (κ1) is 15.7. The molecule has 1 heterocycles. The summed E-state index contributed by atoms with van der Waals surface area (Å²) in [7, 11) is -3.59. The summed E-state index contributed by atoms with van der Waals surface area (Å²) < 4.78 is 27.5. The van der Waals surface area contributed by atoms with E-state index in [4.69, 9.17) is 15.6 Å². The van der Waals surface area contributed by atoms with E-state index in [1.807, 2.05) is 13.8 Å². The van der Waals surface area contributed by atoms with Crippen molar-refractivity contribution in [2.45, 2.75) is 38.3 Å². The lowest BCUT2D eigenvalue weighted by Crippen LogP contribution is -2.82. The van der Waals surface area contributed by atoms with Gasteiger partial charge in [0.25, 0.3) is 0 Å². The molecule has 20 heavy (non-hydrogen) atoms. The molecule has 0 aromatic carbocycles. The molecule has 3 atom stereocenters. The summed E-state index contributed by atoms with van der Waals surface area (Å²) in [6, 6.07) is 0. The minimum Gasteiger partial charge on any atom is -0.377 e. The lowest BCUT2D eigenvalue weighted by atomic mass is 9.46. The molecule has 2 rings (SSSR count). The van der Waals surface area contributed by atoms with Crippen LogP contribution >= 0.6 is 0 Å². The maximum absolute atomic E-state index is 12.4. The van der Waals surface area contributed by atoms with Gasteiger partial charge in [-0.3, -0.25) is 4.79 Å². The van der Waals surface area contributed by atoms with Crippen molar-refractivity contribution >= 4 is 15.9 Å². The molecule has 2 fully saturated rings. The largest absolute Gasteiger partial charge is 0.377 e. The number of nitrogens with one attached hydrogen (secondary N) is 1. The first-order chi connectivity index (χ1) is 9.11. The van der Waals surface area contributed by atoms with E-state index in [2.05, 4.69) is 5.32 Å². The Kier molecular flexibility index (Phi) is 3.87. The Bertz CT molecular complexity index is 505. The molecule has 7 nitrogen and oxygen atoms in total. The predicted molar refractivity (Wildman–Crippen MR) is 74.1 cm³/mol. The molecule has 116 valence electrons. The van der Waals surface area contributed by atoms with E-state index in [0.717, 1.165) is 12.8 Å². The molecule has 1 saturated carbocycles. The summed E-state index contributed by atoms with van der Waals surface area (Å²) in [6.07, 6.45) is 1.73. The number of primary sulfonamides is 1. The number of fused-ring (bicyclic) bond motifs is 1. The van der Waals surface area contributed by atoms with Crippen LogP contribution in [-0.4, -0.2) is 44.9 Å². The van der Waals surface area contributed by atoms with Crippen molar-refractivity contribution in [3.05, 3.63) is 0 Å². The van der Waals surface area contributed by atoms with Crippen molar-refractivity contribution in [3.63, 3.8) is 0 Å². The Morgan fingerprint density at radius 3 is 2.70 bits per heavy atom. The van der Waals surface area contributed by atoms with Gasteiger partial charge in [0.1, 0.15) is 5.54 Å². The molecule has 1 amide bonds. The molecule has 0 bridgehead atoms. The average Bonchev–Trinajstić information content (AvgIpc) is 2.36. The van der Waals surface area contributed by atoms with Gasteiger partial charge in [0.05, 0.1) is 11.9 Å². The number of sulfonamides is 1. The Hall–Kier alpha value is -0.700. The minimum atomic E-state index is -3.59. The van der Waals surface area contributed by atoms with Crippen LogP contribution in [0.25, 0.3) is 0 Å². The second-order valence-corrected chi connectivity index (χ2v) is 7.99. The van der Waals surface area contributed by atoms with Gasteiger partial charge in [-0.05, 0) is 12.8 Å². The summed E-state index contributed by atoms with van der Waals surface area (Å²) in [5, 5.41) is 7.50. The quantitative estimate of drug-likeness (QED) is 0.609. The molecule has 1 aliphatic carbocycles. The van der Waals surface area contributed by atoms with Crippen LogP contribution in [0, 0.1) is 11.3 Å². The van der Waals surface area contributed by atoms with Crippen molar-refractivity contribution in [1.82, 2.24) is 5.32 Å². The zero-order valence-corrected chi connectivity index (χ0v) is 12.7. The molecular formula is C12H23N3O4S. The third-order valence-corrected chi connectivity index (χ3v) is 5.51. The first-order valence-electron chi connectivity index (χ1n) is 6.80. The molecule has 0 radical (unpaired) electrons. The van der Waals surface area contributed by atoms with Crippen LogP contribution in [0.4, 0.5) is 0 Å². The third kappa shape index (κ3) is 2.34. The fourth-order valence-electron chi connectivity index (χ4n) is 3.49. The van der Waals surface area contributed by atoms with E-state index in [-0.39, 0.29) is 30.2 Å². The van der Waals surface area contributed by atoms with Crippen LogP contribution in [0.3, 0.4) is 0 Å². The first-order valence-corrected chi connectivity index (χ1v) is 8.51. The predicted octanol–water partition coefficient (Wildman–Crippen LogP) is -1.08. The van der Waals surface area contributed by atoms with Gasteiger partial charge in [-0.1, -0.05) is 13.8 Å². The highest BCUT2D eigenvalue weighted by atomic mass is 32.2. The highest BCUT2D eigenvalue weighted by molar-refractivity contribution is 7.89. The zero-order chi connectivity index (χ0) is 15.2. The molecule has 8 heteroatoms. The fourth-order valence-corrected chi connectivity index (χ4v) is 3.88. The summed E-state index contributed by atoms with van der Waals surface area (Å²) in [6.45, 7) is 4.51. The van der Waals surface area contributed by atoms with Crippen LogP contribution in [0.5, 0.6) is 0 Å². The van der Waals surface area contributed by atoms with E-state index < -0.39 is 21.0 Å². The van der Waals surface area contributed by atoms with Gasteiger partial charge in [-0.25, -0.2) is 13.6 Å². The molecular weight excluding hydrogens is 282 g/mol. The molecule has 2 aliphatic rings. The van der Waals surface area contributed by atoms with Gasteiger partial charge in [-0.15, -0.1) is 0 Å². The van der Waals surface area contributed by atoms with E-state index in [1.165, 1.54) is 0 Å². The van der Waals surface area contributed by atoms with Gasteiger partial charge >= 0.3 is 0 Å². The lowest BCUT2D eigenvalue weighted by Gasteiger charge is -2.65. The SMILES string of the molecule is CC1(C)C2OCCCC2C1(N)C(=O)NCCS(N)(=O)=O. The number of nitrogens with two attached hydrogens (primary N) is 2. The van der Waals surface area contributed by atoms with Crippen molar-refractivity contribution in [3.8, 4) is 0 Å². The van der Waals surface area contributed by atoms with Crippen LogP contribution in [0.2, 0.25) is 0 Å². The monoisotopic (exact) mass is 305 g/mol. The smallest absolute Gasteiger partial charge is 0.241 e. The molecule has 0 aromatic heterocycles. The topological polar surface area (TPSA) is 125 Å². The highest BCUT2D eigenvalue weighted by Crippen LogP contribution is 2.57. The van der Waals surface area contributed by atoms with E-state index in [1.54, 1.807) is 0 Å². The molecule has 5 N–H and O–H groups in total.